The first-order valence-corrected chi connectivity index (χ1v) is 9.34. The van der Waals surface area contributed by atoms with Crippen molar-refractivity contribution in [3.63, 3.8) is 0 Å². The number of carboxylic acid groups (broad SMARTS) is 1. The summed E-state index contributed by atoms with van der Waals surface area (Å²) in [6.07, 6.45) is 0. The van der Waals surface area contributed by atoms with Crippen molar-refractivity contribution in [2.45, 2.75) is 24.8 Å². The number of halogens is 1. The van der Waals surface area contributed by atoms with Crippen molar-refractivity contribution in [3.8, 4) is 11.5 Å². The highest BCUT2D eigenvalue weighted by Gasteiger charge is 2.27. The molecule has 0 aliphatic heterocycles. The summed E-state index contributed by atoms with van der Waals surface area (Å²) >= 11 is 5.80. The van der Waals surface area contributed by atoms with Crippen LogP contribution in [0.4, 0.5) is 0 Å². The molecule has 0 saturated carbocycles. The van der Waals surface area contributed by atoms with E-state index < -0.39 is 22.0 Å². The van der Waals surface area contributed by atoms with Crippen molar-refractivity contribution >= 4 is 27.6 Å². The van der Waals surface area contributed by atoms with Gasteiger partial charge in [-0.2, -0.15) is 4.72 Å². The molecule has 0 heterocycles. The Balaban J connectivity index is 2.15. The zero-order chi connectivity index (χ0) is 18.6. The number of sulfonamides is 1. The maximum atomic E-state index is 12.3. The topological polar surface area (TPSA) is 92.7 Å². The quantitative estimate of drug-likeness (QED) is 0.763. The lowest BCUT2D eigenvalue weighted by molar-refractivity contribution is -0.140. The van der Waals surface area contributed by atoms with Crippen LogP contribution in [-0.2, 0) is 14.8 Å². The predicted octanol–water partition coefficient (Wildman–Crippen LogP) is 3.52. The summed E-state index contributed by atoms with van der Waals surface area (Å²) in [5.74, 6) is -0.607. The fraction of sp³-hybridized carbons (Fsp3) is 0.235. The standard InChI is InChI=1S/C17H18ClNO5S/c1-11(2)16(17(20)21)19-25(22,23)15-9-7-14(8-10-15)24-13-5-3-12(18)4-6-13/h3-11,16,19H,1-2H3,(H,20,21)/t16-/m0/s1. The maximum absolute atomic E-state index is 12.3. The molecule has 2 aromatic rings. The first-order chi connectivity index (χ1) is 11.7. The molecular formula is C17H18ClNO5S. The van der Waals surface area contributed by atoms with Gasteiger partial charge in [-0.25, -0.2) is 8.42 Å². The summed E-state index contributed by atoms with van der Waals surface area (Å²) in [6, 6.07) is 11.2. The highest BCUT2D eigenvalue weighted by Crippen LogP contribution is 2.24. The minimum atomic E-state index is -3.95. The summed E-state index contributed by atoms with van der Waals surface area (Å²) in [6.45, 7) is 3.26. The fourth-order valence-corrected chi connectivity index (χ4v) is 3.50. The lowest BCUT2D eigenvalue weighted by atomic mass is 10.1. The van der Waals surface area contributed by atoms with Crippen molar-refractivity contribution in [3.05, 3.63) is 53.6 Å². The highest BCUT2D eigenvalue weighted by molar-refractivity contribution is 7.89. The Kier molecular flexibility index (Phi) is 6.05. The monoisotopic (exact) mass is 383 g/mol. The SMILES string of the molecule is CC(C)[C@H](NS(=O)(=O)c1ccc(Oc2ccc(Cl)cc2)cc1)C(=O)O. The second kappa shape index (κ2) is 7.86. The van der Waals surface area contributed by atoms with Crippen LogP contribution in [0.3, 0.4) is 0 Å². The molecule has 0 fully saturated rings. The first kappa shape index (κ1) is 19.2. The van der Waals surface area contributed by atoms with Crippen molar-refractivity contribution < 1.29 is 23.1 Å². The second-order valence-corrected chi connectivity index (χ2v) is 7.86. The van der Waals surface area contributed by atoms with E-state index in [2.05, 4.69) is 4.72 Å². The summed E-state index contributed by atoms with van der Waals surface area (Å²) in [7, 11) is -3.95. The van der Waals surface area contributed by atoms with Crippen LogP contribution in [0.15, 0.2) is 53.4 Å². The van der Waals surface area contributed by atoms with Crippen LogP contribution in [-0.4, -0.2) is 25.5 Å². The van der Waals surface area contributed by atoms with Crippen LogP contribution >= 0.6 is 11.6 Å². The third-order valence-electron chi connectivity index (χ3n) is 3.40. The number of hydrogen-bond acceptors (Lipinski definition) is 4. The fourth-order valence-electron chi connectivity index (χ4n) is 2.03. The number of benzene rings is 2. The number of aliphatic carboxylic acids is 1. The van der Waals surface area contributed by atoms with Gasteiger partial charge in [-0.3, -0.25) is 4.79 Å². The summed E-state index contributed by atoms with van der Waals surface area (Å²) in [5.41, 5.74) is 0. The van der Waals surface area contributed by atoms with Crippen molar-refractivity contribution in [2.24, 2.45) is 5.92 Å². The number of carboxylic acids is 1. The molecule has 134 valence electrons. The van der Waals surface area contributed by atoms with E-state index in [9.17, 15) is 13.2 Å². The Labute approximate surface area is 151 Å². The third kappa shape index (κ3) is 5.19. The van der Waals surface area contributed by atoms with Gasteiger partial charge < -0.3 is 9.84 Å². The molecular weight excluding hydrogens is 366 g/mol. The van der Waals surface area contributed by atoms with E-state index in [0.717, 1.165) is 0 Å². The normalized spacial score (nSPS) is 12.8. The Morgan fingerprint density at radius 2 is 1.52 bits per heavy atom. The van der Waals surface area contributed by atoms with E-state index in [0.29, 0.717) is 16.5 Å². The van der Waals surface area contributed by atoms with Crippen LogP contribution in [0.5, 0.6) is 11.5 Å². The Morgan fingerprint density at radius 3 is 1.96 bits per heavy atom. The van der Waals surface area contributed by atoms with Crippen LogP contribution in [0.1, 0.15) is 13.8 Å². The number of nitrogens with one attached hydrogen (secondary N) is 1. The molecule has 0 spiro atoms. The number of carbonyl (C=O) groups is 1. The first-order valence-electron chi connectivity index (χ1n) is 7.47. The number of rotatable bonds is 7. The van der Waals surface area contributed by atoms with Gasteiger partial charge in [-0.05, 0) is 54.4 Å². The van der Waals surface area contributed by atoms with Gasteiger partial charge in [0.25, 0.3) is 0 Å². The Hall–Kier alpha value is -2.09. The molecule has 0 bridgehead atoms. The molecule has 2 N–H and O–H groups in total. The summed E-state index contributed by atoms with van der Waals surface area (Å²) < 4.78 is 32.4. The van der Waals surface area contributed by atoms with Gasteiger partial charge in [0.2, 0.25) is 10.0 Å². The van der Waals surface area contributed by atoms with Gasteiger partial charge in [-0.1, -0.05) is 25.4 Å². The average molecular weight is 384 g/mol. The van der Waals surface area contributed by atoms with Crippen molar-refractivity contribution in [1.29, 1.82) is 0 Å². The van der Waals surface area contributed by atoms with Gasteiger partial charge in [0.1, 0.15) is 17.5 Å². The minimum Gasteiger partial charge on any atom is -0.480 e. The molecule has 0 aliphatic carbocycles. The second-order valence-electron chi connectivity index (χ2n) is 5.71. The molecule has 8 heteroatoms. The van der Waals surface area contributed by atoms with Crippen LogP contribution in [0.25, 0.3) is 0 Å². The molecule has 0 saturated heterocycles. The van der Waals surface area contributed by atoms with Crippen molar-refractivity contribution in [2.75, 3.05) is 0 Å². The van der Waals surface area contributed by atoms with E-state index >= 15 is 0 Å². The van der Waals surface area contributed by atoms with Gasteiger partial charge in [0.05, 0.1) is 4.90 Å². The molecule has 2 rings (SSSR count). The third-order valence-corrected chi connectivity index (χ3v) is 5.11. The van der Waals surface area contributed by atoms with E-state index in [1.165, 1.54) is 24.3 Å². The Bertz CT molecular complexity index is 832. The van der Waals surface area contributed by atoms with Crippen LogP contribution in [0.2, 0.25) is 5.02 Å². The van der Waals surface area contributed by atoms with Gasteiger partial charge in [0.15, 0.2) is 0 Å². The molecule has 6 nitrogen and oxygen atoms in total. The van der Waals surface area contributed by atoms with E-state index in [1.54, 1.807) is 38.1 Å². The predicted molar refractivity (Wildman–Crippen MR) is 94.6 cm³/mol. The average Bonchev–Trinajstić information content (AvgIpc) is 2.55. The number of hydrogen-bond donors (Lipinski definition) is 2. The smallest absolute Gasteiger partial charge is 0.322 e. The minimum absolute atomic E-state index is 0.0390. The Morgan fingerprint density at radius 1 is 1.04 bits per heavy atom. The van der Waals surface area contributed by atoms with Crippen LogP contribution < -0.4 is 9.46 Å². The molecule has 1 atom stereocenters. The zero-order valence-corrected chi connectivity index (χ0v) is 15.2. The zero-order valence-electron chi connectivity index (χ0n) is 13.6. The highest BCUT2D eigenvalue weighted by atomic mass is 35.5. The summed E-state index contributed by atoms with van der Waals surface area (Å²) in [4.78, 5) is 11.1. The van der Waals surface area contributed by atoms with E-state index in [1.807, 2.05) is 0 Å². The molecule has 0 amide bonds. The lowest BCUT2D eigenvalue weighted by Gasteiger charge is -2.18. The molecule has 0 unspecified atom stereocenters. The van der Waals surface area contributed by atoms with Crippen LogP contribution in [0, 0.1) is 5.92 Å². The van der Waals surface area contributed by atoms with Gasteiger partial charge >= 0.3 is 5.97 Å². The number of ether oxygens (including phenoxy) is 1. The molecule has 0 radical (unpaired) electrons. The van der Waals surface area contributed by atoms with E-state index in [-0.39, 0.29) is 10.8 Å². The molecule has 25 heavy (non-hydrogen) atoms. The lowest BCUT2D eigenvalue weighted by Crippen LogP contribution is -2.44. The van der Waals surface area contributed by atoms with Gasteiger partial charge in [-0.15, -0.1) is 0 Å². The molecule has 0 aliphatic rings. The molecule has 0 aromatic heterocycles. The van der Waals surface area contributed by atoms with Gasteiger partial charge in [0, 0.05) is 5.02 Å². The molecule has 2 aromatic carbocycles. The van der Waals surface area contributed by atoms with E-state index in [4.69, 9.17) is 21.4 Å². The largest absolute Gasteiger partial charge is 0.480 e. The maximum Gasteiger partial charge on any atom is 0.322 e. The van der Waals surface area contributed by atoms with Crippen molar-refractivity contribution in [1.82, 2.24) is 4.72 Å². The summed E-state index contributed by atoms with van der Waals surface area (Å²) in [5, 5.41) is 9.71.